The van der Waals surface area contributed by atoms with Gasteiger partial charge in [0.05, 0.1) is 6.10 Å². The smallest absolute Gasteiger partial charge is 0.205 e. The Morgan fingerprint density at radius 3 is 2.86 bits per heavy atom. The lowest BCUT2D eigenvalue weighted by molar-refractivity contribution is 0.201. The molecule has 1 N–H and O–H groups in total. The van der Waals surface area contributed by atoms with Crippen molar-refractivity contribution in [2.75, 3.05) is 18.5 Å². The fourth-order valence-corrected chi connectivity index (χ4v) is 1.88. The van der Waals surface area contributed by atoms with Crippen LogP contribution in [-0.4, -0.2) is 34.2 Å². The van der Waals surface area contributed by atoms with Crippen LogP contribution in [0.1, 0.15) is 26.1 Å². The van der Waals surface area contributed by atoms with Gasteiger partial charge in [-0.2, -0.15) is 4.37 Å². The molecule has 0 aliphatic carbocycles. The number of rotatable bonds is 5. The standard InChI is InChI=1S/C9H17N3OS/c1-4-5-8-10-9(14-11-8)12(3)6-7(2)13/h7,13H,4-6H2,1-3H3. The van der Waals surface area contributed by atoms with Crippen LogP contribution in [-0.2, 0) is 6.42 Å². The van der Waals surface area contributed by atoms with Gasteiger partial charge in [-0.05, 0) is 13.3 Å². The van der Waals surface area contributed by atoms with E-state index in [1.807, 2.05) is 11.9 Å². The van der Waals surface area contributed by atoms with Gasteiger partial charge in [0.1, 0.15) is 5.82 Å². The summed E-state index contributed by atoms with van der Waals surface area (Å²) in [6.45, 7) is 4.48. The largest absolute Gasteiger partial charge is 0.392 e. The van der Waals surface area contributed by atoms with E-state index in [1.165, 1.54) is 11.5 Å². The van der Waals surface area contributed by atoms with Crippen molar-refractivity contribution in [2.45, 2.75) is 32.8 Å². The lowest BCUT2D eigenvalue weighted by Crippen LogP contribution is -2.26. The summed E-state index contributed by atoms with van der Waals surface area (Å²) in [5, 5.41) is 10.1. The van der Waals surface area contributed by atoms with Gasteiger partial charge in [-0.25, -0.2) is 4.98 Å². The summed E-state index contributed by atoms with van der Waals surface area (Å²) >= 11 is 1.39. The number of likely N-dealkylation sites (N-methyl/N-ethyl adjacent to an activating group) is 1. The molecule has 4 nitrogen and oxygen atoms in total. The Hall–Kier alpha value is -0.680. The molecule has 1 heterocycles. The zero-order chi connectivity index (χ0) is 10.6. The molecular weight excluding hydrogens is 198 g/mol. The normalized spacial score (nSPS) is 12.9. The van der Waals surface area contributed by atoms with E-state index in [-0.39, 0.29) is 6.10 Å². The summed E-state index contributed by atoms with van der Waals surface area (Å²) in [5.41, 5.74) is 0. The molecule has 1 unspecified atom stereocenters. The van der Waals surface area contributed by atoms with Crippen molar-refractivity contribution in [2.24, 2.45) is 0 Å². The Morgan fingerprint density at radius 1 is 1.57 bits per heavy atom. The first-order chi connectivity index (χ1) is 6.63. The molecule has 0 spiro atoms. The fraction of sp³-hybridized carbons (Fsp3) is 0.778. The third-order valence-corrected chi connectivity index (χ3v) is 2.66. The van der Waals surface area contributed by atoms with E-state index in [9.17, 15) is 5.11 Å². The highest BCUT2D eigenvalue weighted by Crippen LogP contribution is 2.16. The first-order valence-electron chi connectivity index (χ1n) is 4.85. The predicted molar refractivity (Wildman–Crippen MR) is 58.9 cm³/mol. The van der Waals surface area contributed by atoms with E-state index >= 15 is 0 Å². The average Bonchev–Trinajstić information content (AvgIpc) is 2.52. The van der Waals surface area contributed by atoms with Crippen LogP contribution in [0.3, 0.4) is 0 Å². The lowest BCUT2D eigenvalue weighted by Gasteiger charge is -2.16. The molecule has 0 fully saturated rings. The Bertz CT molecular complexity index is 275. The van der Waals surface area contributed by atoms with Crippen LogP contribution < -0.4 is 4.90 Å². The Balaban J connectivity index is 2.57. The van der Waals surface area contributed by atoms with Crippen LogP contribution in [0.2, 0.25) is 0 Å². The quantitative estimate of drug-likeness (QED) is 0.804. The summed E-state index contributed by atoms with van der Waals surface area (Å²) in [5.74, 6) is 0.907. The topological polar surface area (TPSA) is 49.2 Å². The van der Waals surface area contributed by atoms with E-state index in [0.29, 0.717) is 6.54 Å². The number of aliphatic hydroxyl groups excluding tert-OH is 1. The lowest BCUT2D eigenvalue weighted by atomic mass is 10.3. The van der Waals surface area contributed by atoms with Crippen LogP contribution in [0, 0.1) is 0 Å². The summed E-state index contributed by atoms with van der Waals surface area (Å²) in [7, 11) is 1.92. The first kappa shape index (κ1) is 11.4. The van der Waals surface area contributed by atoms with Crippen molar-refractivity contribution < 1.29 is 5.11 Å². The molecule has 0 amide bonds. The summed E-state index contributed by atoms with van der Waals surface area (Å²) in [6.07, 6.45) is 1.66. The third-order valence-electron chi connectivity index (χ3n) is 1.80. The van der Waals surface area contributed by atoms with Crippen molar-refractivity contribution in [1.29, 1.82) is 0 Å². The summed E-state index contributed by atoms with van der Waals surface area (Å²) < 4.78 is 4.24. The molecular formula is C9H17N3OS. The Labute approximate surface area is 88.8 Å². The Kier molecular flexibility index (Phi) is 4.28. The second-order valence-electron chi connectivity index (χ2n) is 3.47. The van der Waals surface area contributed by atoms with Crippen LogP contribution in [0.5, 0.6) is 0 Å². The number of aromatic nitrogens is 2. The van der Waals surface area contributed by atoms with Crippen molar-refractivity contribution in [3.8, 4) is 0 Å². The highest BCUT2D eigenvalue weighted by molar-refractivity contribution is 7.09. The molecule has 5 heteroatoms. The Morgan fingerprint density at radius 2 is 2.29 bits per heavy atom. The molecule has 1 atom stereocenters. The maximum atomic E-state index is 9.21. The highest BCUT2D eigenvalue weighted by Gasteiger charge is 2.09. The molecule has 14 heavy (non-hydrogen) atoms. The van der Waals surface area contributed by atoms with Gasteiger partial charge < -0.3 is 10.0 Å². The number of aryl methyl sites for hydroxylation is 1. The second kappa shape index (κ2) is 5.26. The van der Waals surface area contributed by atoms with Crippen LogP contribution in [0.4, 0.5) is 5.13 Å². The molecule has 1 aromatic rings. The second-order valence-corrected chi connectivity index (χ2v) is 4.20. The molecule has 0 aliphatic rings. The molecule has 0 bridgehead atoms. The van der Waals surface area contributed by atoms with Crippen LogP contribution >= 0.6 is 11.5 Å². The van der Waals surface area contributed by atoms with E-state index in [0.717, 1.165) is 23.8 Å². The monoisotopic (exact) mass is 215 g/mol. The highest BCUT2D eigenvalue weighted by atomic mass is 32.1. The molecule has 80 valence electrons. The van der Waals surface area contributed by atoms with Crippen molar-refractivity contribution in [3.05, 3.63) is 5.82 Å². The molecule has 0 saturated heterocycles. The van der Waals surface area contributed by atoms with Gasteiger partial charge in [0.2, 0.25) is 5.13 Å². The zero-order valence-electron chi connectivity index (χ0n) is 8.90. The van der Waals surface area contributed by atoms with Gasteiger partial charge in [-0.15, -0.1) is 0 Å². The number of anilines is 1. The third kappa shape index (κ3) is 3.23. The van der Waals surface area contributed by atoms with Gasteiger partial charge in [0, 0.05) is 31.5 Å². The molecule has 0 aromatic carbocycles. The maximum Gasteiger partial charge on any atom is 0.205 e. The van der Waals surface area contributed by atoms with Gasteiger partial charge in [0.25, 0.3) is 0 Å². The van der Waals surface area contributed by atoms with Gasteiger partial charge >= 0.3 is 0 Å². The van der Waals surface area contributed by atoms with Crippen molar-refractivity contribution in [3.63, 3.8) is 0 Å². The first-order valence-corrected chi connectivity index (χ1v) is 5.62. The number of aliphatic hydroxyl groups is 1. The van der Waals surface area contributed by atoms with Crippen LogP contribution in [0.25, 0.3) is 0 Å². The van der Waals surface area contributed by atoms with Crippen LogP contribution in [0.15, 0.2) is 0 Å². The van der Waals surface area contributed by atoms with Gasteiger partial charge in [0.15, 0.2) is 0 Å². The molecule has 1 rings (SSSR count). The zero-order valence-corrected chi connectivity index (χ0v) is 9.71. The minimum Gasteiger partial charge on any atom is -0.392 e. The SMILES string of the molecule is CCCc1nsc(N(C)CC(C)O)n1. The summed E-state index contributed by atoms with van der Waals surface area (Å²) in [4.78, 5) is 6.31. The van der Waals surface area contributed by atoms with E-state index in [4.69, 9.17) is 0 Å². The van der Waals surface area contributed by atoms with E-state index in [1.54, 1.807) is 6.92 Å². The summed E-state index contributed by atoms with van der Waals surface area (Å²) in [6, 6.07) is 0. The number of hydrogen-bond donors (Lipinski definition) is 1. The van der Waals surface area contributed by atoms with Crippen molar-refractivity contribution >= 4 is 16.7 Å². The minimum absolute atomic E-state index is 0.335. The molecule has 0 aliphatic heterocycles. The van der Waals surface area contributed by atoms with Gasteiger partial charge in [-0.3, -0.25) is 0 Å². The minimum atomic E-state index is -0.335. The molecule has 1 aromatic heterocycles. The van der Waals surface area contributed by atoms with Gasteiger partial charge in [-0.1, -0.05) is 6.92 Å². The maximum absolute atomic E-state index is 9.21. The van der Waals surface area contributed by atoms with E-state index < -0.39 is 0 Å². The van der Waals surface area contributed by atoms with E-state index in [2.05, 4.69) is 16.3 Å². The predicted octanol–water partition coefficient (Wildman–Crippen LogP) is 1.31. The average molecular weight is 215 g/mol. The molecule has 0 radical (unpaired) electrons. The number of nitrogens with zero attached hydrogens (tertiary/aromatic N) is 3. The van der Waals surface area contributed by atoms with Crippen molar-refractivity contribution in [1.82, 2.24) is 9.36 Å². The fourth-order valence-electron chi connectivity index (χ4n) is 1.20. The number of hydrogen-bond acceptors (Lipinski definition) is 5. The molecule has 0 saturated carbocycles.